The summed E-state index contributed by atoms with van der Waals surface area (Å²) >= 11 is 0. The van der Waals surface area contributed by atoms with E-state index in [0.717, 1.165) is 0 Å². The summed E-state index contributed by atoms with van der Waals surface area (Å²) in [6, 6.07) is 8.83. The number of hydrogen-bond acceptors (Lipinski definition) is 7. The summed E-state index contributed by atoms with van der Waals surface area (Å²) in [5.41, 5.74) is 0.489. The number of carbonyl (C=O) groups excluding carboxylic acids is 1. The van der Waals surface area contributed by atoms with Gasteiger partial charge in [-0.1, -0.05) is 18.2 Å². The number of carbonyl (C=O) groups is 1. The molecule has 3 saturated heterocycles. The third kappa shape index (κ3) is 3.37. The fraction of sp³-hybridized carbons (Fsp3) is 0.632. The van der Waals surface area contributed by atoms with E-state index in [1.807, 2.05) is 33.8 Å². The highest BCUT2D eigenvalue weighted by molar-refractivity contribution is 5.89. The molecule has 3 heterocycles. The molecule has 0 unspecified atom stereocenters. The number of fused-ring (bicyclic) bond motifs is 3. The van der Waals surface area contributed by atoms with E-state index in [0.29, 0.717) is 5.56 Å². The maximum absolute atomic E-state index is 12.2. The first kappa shape index (κ1) is 17.9. The second-order valence-corrected chi connectivity index (χ2v) is 7.67. The molecule has 0 radical (unpaired) electrons. The van der Waals surface area contributed by atoms with Gasteiger partial charge in [-0.15, -0.1) is 0 Å². The average molecular weight is 364 g/mol. The predicted octanol–water partition coefficient (Wildman–Crippen LogP) is 2.24. The quantitative estimate of drug-likeness (QED) is 0.762. The number of esters is 1. The molecule has 142 valence electrons. The largest absolute Gasteiger partial charge is 0.459 e. The van der Waals surface area contributed by atoms with Crippen LogP contribution in [0.2, 0.25) is 0 Å². The average Bonchev–Trinajstić information content (AvgIpc) is 3.07. The van der Waals surface area contributed by atoms with Crippen molar-refractivity contribution in [3.63, 3.8) is 0 Å². The van der Waals surface area contributed by atoms with Gasteiger partial charge in [0, 0.05) is 0 Å². The molecule has 0 amide bonds. The monoisotopic (exact) mass is 364 g/mol. The van der Waals surface area contributed by atoms with Gasteiger partial charge in [0.05, 0.1) is 5.56 Å². The summed E-state index contributed by atoms with van der Waals surface area (Å²) in [7, 11) is 0. The Kier molecular flexibility index (Phi) is 4.32. The van der Waals surface area contributed by atoms with Gasteiger partial charge in [-0.05, 0) is 39.8 Å². The van der Waals surface area contributed by atoms with Gasteiger partial charge in [-0.25, -0.2) is 4.79 Å². The molecule has 3 aliphatic rings. The van der Waals surface area contributed by atoms with Crippen LogP contribution in [0.3, 0.4) is 0 Å². The van der Waals surface area contributed by atoms with Crippen LogP contribution in [-0.4, -0.2) is 54.9 Å². The van der Waals surface area contributed by atoms with Gasteiger partial charge in [-0.2, -0.15) is 0 Å². The van der Waals surface area contributed by atoms with Crippen molar-refractivity contribution in [3.05, 3.63) is 35.9 Å². The molecular weight excluding hydrogens is 340 g/mol. The number of benzene rings is 1. The first-order valence-corrected chi connectivity index (χ1v) is 8.83. The van der Waals surface area contributed by atoms with E-state index in [4.69, 9.17) is 28.4 Å². The van der Waals surface area contributed by atoms with Gasteiger partial charge in [0.25, 0.3) is 0 Å². The molecule has 26 heavy (non-hydrogen) atoms. The van der Waals surface area contributed by atoms with Crippen LogP contribution in [0.25, 0.3) is 0 Å². The molecule has 5 atom stereocenters. The Morgan fingerprint density at radius 1 is 0.923 bits per heavy atom. The molecule has 0 aromatic heterocycles. The Morgan fingerprint density at radius 3 is 2.27 bits per heavy atom. The zero-order chi connectivity index (χ0) is 18.5. The highest BCUT2D eigenvalue weighted by Crippen LogP contribution is 2.44. The summed E-state index contributed by atoms with van der Waals surface area (Å²) in [5, 5.41) is 0. The highest BCUT2D eigenvalue weighted by Gasteiger charge is 2.60. The van der Waals surface area contributed by atoms with Crippen LogP contribution in [0.15, 0.2) is 30.3 Å². The van der Waals surface area contributed by atoms with Crippen LogP contribution in [0.4, 0.5) is 0 Å². The standard InChI is InChI=1S/C19H24O7/c1-18(2)23-13-12(10-21-16(20)11-8-6-5-7-9-11)22-17-15(14(13)24-18)25-19(3,4)26-17/h5-9,12-15,17H,10H2,1-4H3/t12-,13+,14+,15+,17+/m1/s1. The van der Waals surface area contributed by atoms with Crippen LogP contribution in [-0.2, 0) is 28.4 Å². The van der Waals surface area contributed by atoms with Crippen molar-refractivity contribution in [2.45, 2.75) is 70.0 Å². The topological polar surface area (TPSA) is 72.5 Å². The second kappa shape index (κ2) is 6.28. The summed E-state index contributed by atoms with van der Waals surface area (Å²) < 4.78 is 35.3. The molecule has 3 aliphatic heterocycles. The van der Waals surface area contributed by atoms with Crippen LogP contribution in [0.1, 0.15) is 38.1 Å². The zero-order valence-corrected chi connectivity index (χ0v) is 15.3. The Balaban J connectivity index is 1.48. The van der Waals surface area contributed by atoms with Gasteiger partial charge >= 0.3 is 5.97 Å². The van der Waals surface area contributed by atoms with Gasteiger partial charge in [-0.3, -0.25) is 0 Å². The second-order valence-electron chi connectivity index (χ2n) is 7.67. The highest BCUT2D eigenvalue weighted by atomic mass is 16.9. The lowest BCUT2D eigenvalue weighted by molar-refractivity contribution is -0.240. The first-order chi connectivity index (χ1) is 12.2. The minimum atomic E-state index is -0.772. The maximum atomic E-state index is 12.2. The molecule has 0 bridgehead atoms. The minimum Gasteiger partial charge on any atom is -0.459 e. The molecule has 7 nitrogen and oxygen atoms in total. The fourth-order valence-electron chi connectivity index (χ4n) is 3.64. The minimum absolute atomic E-state index is 0.0430. The summed E-state index contributed by atoms with van der Waals surface area (Å²) in [6.45, 7) is 7.38. The third-order valence-corrected chi connectivity index (χ3v) is 4.64. The SMILES string of the molecule is CC1(C)O[C@@H]2O[C@H](COC(=O)c3ccccc3)[C@@H]3OC(C)(C)O[C@@H]3[C@@H]2O1. The van der Waals surface area contributed by atoms with Crippen molar-refractivity contribution in [1.29, 1.82) is 0 Å². The molecule has 0 spiro atoms. The van der Waals surface area contributed by atoms with Crippen molar-refractivity contribution in [3.8, 4) is 0 Å². The fourth-order valence-corrected chi connectivity index (χ4v) is 3.64. The van der Waals surface area contributed by atoms with Crippen LogP contribution < -0.4 is 0 Å². The van der Waals surface area contributed by atoms with E-state index in [1.54, 1.807) is 24.3 Å². The van der Waals surface area contributed by atoms with Crippen LogP contribution in [0.5, 0.6) is 0 Å². The number of rotatable bonds is 3. The molecule has 4 rings (SSSR count). The van der Waals surface area contributed by atoms with Crippen molar-refractivity contribution in [1.82, 2.24) is 0 Å². The van der Waals surface area contributed by atoms with Crippen LogP contribution >= 0.6 is 0 Å². The summed E-state index contributed by atoms with van der Waals surface area (Å²) in [4.78, 5) is 12.2. The first-order valence-electron chi connectivity index (χ1n) is 8.83. The lowest BCUT2D eigenvalue weighted by Gasteiger charge is -2.36. The zero-order valence-electron chi connectivity index (χ0n) is 15.3. The summed E-state index contributed by atoms with van der Waals surface area (Å²) in [5.74, 6) is -1.95. The Morgan fingerprint density at radius 2 is 1.54 bits per heavy atom. The number of ether oxygens (including phenoxy) is 6. The molecule has 3 fully saturated rings. The number of hydrogen-bond donors (Lipinski definition) is 0. The maximum Gasteiger partial charge on any atom is 0.338 e. The van der Waals surface area contributed by atoms with E-state index in [-0.39, 0.29) is 12.7 Å². The van der Waals surface area contributed by atoms with E-state index in [9.17, 15) is 4.79 Å². The van der Waals surface area contributed by atoms with E-state index < -0.39 is 42.1 Å². The molecule has 1 aromatic rings. The Bertz CT molecular complexity index is 672. The lowest BCUT2D eigenvalue weighted by atomic mass is 9.99. The van der Waals surface area contributed by atoms with Crippen molar-refractivity contribution < 1.29 is 33.2 Å². The van der Waals surface area contributed by atoms with E-state index in [1.165, 1.54) is 0 Å². The molecule has 7 heteroatoms. The van der Waals surface area contributed by atoms with Crippen molar-refractivity contribution in [2.24, 2.45) is 0 Å². The lowest BCUT2D eigenvalue weighted by Crippen LogP contribution is -2.56. The molecule has 0 aliphatic carbocycles. The van der Waals surface area contributed by atoms with Crippen LogP contribution in [0, 0.1) is 0 Å². The van der Waals surface area contributed by atoms with Gasteiger partial charge in [0.1, 0.15) is 31.0 Å². The molecule has 0 saturated carbocycles. The van der Waals surface area contributed by atoms with Gasteiger partial charge in [0.15, 0.2) is 17.9 Å². The van der Waals surface area contributed by atoms with Crippen molar-refractivity contribution >= 4 is 5.97 Å². The van der Waals surface area contributed by atoms with Gasteiger partial charge in [0.2, 0.25) is 0 Å². The summed E-state index contributed by atoms with van der Waals surface area (Å²) in [6.07, 6.45) is -2.26. The normalized spacial score (nSPS) is 37.0. The van der Waals surface area contributed by atoms with E-state index in [2.05, 4.69) is 0 Å². The molecule has 1 aromatic carbocycles. The molecular formula is C19H24O7. The molecule has 0 N–H and O–H groups in total. The van der Waals surface area contributed by atoms with Gasteiger partial charge < -0.3 is 28.4 Å². The van der Waals surface area contributed by atoms with E-state index >= 15 is 0 Å². The predicted molar refractivity (Wildman–Crippen MR) is 89.2 cm³/mol. The third-order valence-electron chi connectivity index (χ3n) is 4.64. The smallest absolute Gasteiger partial charge is 0.338 e. The Hall–Kier alpha value is -1.51. The van der Waals surface area contributed by atoms with Crippen molar-refractivity contribution in [2.75, 3.05) is 6.61 Å². The Labute approximate surface area is 152 Å².